The molecule has 0 aliphatic heterocycles. The molecule has 0 aliphatic carbocycles. The molecule has 0 atom stereocenters. The van der Waals surface area contributed by atoms with E-state index in [4.69, 9.17) is 4.74 Å². The van der Waals surface area contributed by atoms with Gasteiger partial charge in [0.05, 0.1) is 6.20 Å². The summed E-state index contributed by atoms with van der Waals surface area (Å²) in [6, 6.07) is 0. The summed E-state index contributed by atoms with van der Waals surface area (Å²) >= 11 is 0. The van der Waals surface area contributed by atoms with Crippen molar-refractivity contribution >= 4 is 5.97 Å². The molecule has 0 N–H and O–H groups in total. The van der Waals surface area contributed by atoms with Crippen molar-refractivity contribution in [2.24, 2.45) is 0 Å². The third kappa shape index (κ3) is 3.69. The van der Waals surface area contributed by atoms with E-state index >= 15 is 0 Å². The number of hydrogen-bond acceptors (Lipinski definition) is 4. The summed E-state index contributed by atoms with van der Waals surface area (Å²) in [5, 5.41) is 3.91. The quantitative estimate of drug-likeness (QED) is 0.726. The fraction of sp³-hybridized carbons (Fsp3) is 0.583. The minimum Gasteiger partial charge on any atom is -0.459 e. The lowest BCUT2D eigenvalue weighted by Gasteiger charge is -2.20. The third-order valence-electron chi connectivity index (χ3n) is 2.31. The topological polar surface area (TPSA) is 61.2 Å². The third-order valence-corrected chi connectivity index (χ3v) is 2.31. The van der Waals surface area contributed by atoms with Crippen LogP contribution in [0.5, 0.6) is 0 Å². The lowest BCUT2D eigenvalue weighted by molar-refractivity contribution is -0.155. The molecule has 0 radical (unpaired) electrons. The fourth-order valence-corrected chi connectivity index (χ4v) is 1.33. The Hall–Kier alpha value is -1.65. The van der Waals surface area contributed by atoms with Gasteiger partial charge in [-0.15, -0.1) is 0 Å². The molecule has 0 spiro atoms. The zero-order valence-electron chi connectivity index (χ0n) is 10.9. The normalized spacial score (nSPS) is 11.4. The monoisotopic (exact) mass is 238 g/mol. The maximum Gasteiger partial charge on any atom is 0.328 e. The zero-order valence-corrected chi connectivity index (χ0v) is 10.9. The summed E-state index contributed by atoms with van der Waals surface area (Å²) in [6.07, 6.45) is 1.21. The second-order valence-corrected chi connectivity index (χ2v) is 4.96. The van der Waals surface area contributed by atoms with Gasteiger partial charge in [0.15, 0.2) is 0 Å². The number of rotatable bonds is 2. The number of ether oxygens (including phenoxy) is 1. The molecule has 1 heterocycles. The van der Waals surface area contributed by atoms with Crippen LogP contribution in [0.15, 0.2) is 11.0 Å². The second kappa shape index (κ2) is 4.69. The first kappa shape index (κ1) is 13.4. The van der Waals surface area contributed by atoms with Crippen molar-refractivity contribution in [1.82, 2.24) is 9.78 Å². The van der Waals surface area contributed by atoms with E-state index < -0.39 is 5.60 Å². The van der Waals surface area contributed by atoms with E-state index in [-0.39, 0.29) is 17.9 Å². The summed E-state index contributed by atoms with van der Waals surface area (Å²) in [4.78, 5) is 22.9. The predicted molar refractivity (Wildman–Crippen MR) is 63.8 cm³/mol. The zero-order chi connectivity index (χ0) is 13.2. The summed E-state index contributed by atoms with van der Waals surface area (Å²) in [5.74, 6) is -0.365. The summed E-state index contributed by atoms with van der Waals surface area (Å²) in [7, 11) is 0. The van der Waals surface area contributed by atoms with Gasteiger partial charge in [0.25, 0.3) is 0 Å². The van der Waals surface area contributed by atoms with Gasteiger partial charge in [-0.3, -0.25) is 14.3 Å². The van der Waals surface area contributed by atoms with Crippen LogP contribution in [-0.2, 0) is 16.1 Å². The van der Waals surface area contributed by atoms with Crippen molar-refractivity contribution < 1.29 is 9.53 Å². The van der Waals surface area contributed by atoms with Crippen LogP contribution in [0, 0.1) is 13.8 Å². The van der Waals surface area contributed by atoms with Gasteiger partial charge in [0.2, 0.25) is 5.43 Å². The molecule has 17 heavy (non-hydrogen) atoms. The number of aromatic nitrogens is 2. The molecular formula is C12H18N2O3. The molecule has 0 unspecified atom stereocenters. The van der Waals surface area contributed by atoms with E-state index in [1.165, 1.54) is 10.9 Å². The van der Waals surface area contributed by atoms with Crippen LogP contribution in [0.3, 0.4) is 0 Å². The summed E-state index contributed by atoms with van der Waals surface area (Å²) in [5.41, 5.74) is 0.647. The average Bonchev–Trinajstić information content (AvgIpc) is 2.16. The summed E-state index contributed by atoms with van der Waals surface area (Å²) < 4.78 is 6.67. The van der Waals surface area contributed by atoms with Crippen LogP contribution in [0.2, 0.25) is 0 Å². The predicted octanol–water partition coefficient (Wildman–Crippen LogP) is 1.20. The van der Waals surface area contributed by atoms with Gasteiger partial charge in [-0.25, -0.2) is 0 Å². The fourth-order valence-electron chi connectivity index (χ4n) is 1.33. The van der Waals surface area contributed by atoms with Gasteiger partial charge >= 0.3 is 5.97 Å². The molecule has 0 amide bonds. The van der Waals surface area contributed by atoms with Crippen molar-refractivity contribution in [3.05, 3.63) is 27.7 Å². The Kier molecular flexibility index (Phi) is 3.70. The van der Waals surface area contributed by atoms with E-state index in [0.29, 0.717) is 11.3 Å². The Morgan fingerprint density at radius 3 is 2.53 bits per heavy atom. The number of hydrogen-bond donors (Lipinski definition) is 0. The lowest BCUT2D eigenvalue weighted by atomic mass is 10.2. The van der Waals surface area contributed by atoms with E-state index in [2.05, 4.69) is 5.10 Å². The molecule has 0 saturated heterocycles. The average molecular weight is 238 g/mol. The molecule has 1 rings (SSSR count). The molecule has 0 saturated carbocycles. The van der Waals surface area contributed by atoms with Crippen molar-refractivity contribution in [2.45, 2.75) is 46.8 Å². The maximum atomic E-state index is 11.6. The number of carbonyl (C=O) groups is 1. The minimum absolute atomic E-state index is 0.0181. The highest BCUT2D eigenvalue weighted by Crippen LogP contribution is 2.08. The number of esters is 1. The van der Waals surface area contributed by atoms with E-state index in [1.807, 2.05) is 20.8 Å². The molecule has 1 aromatic rings. The number of nitrogens with zero attached hydrogens (tertiary/aromatic N) is 2. The van der Waals surface area contributed by atoms with Crippen LogP contribution in [-0.4, -0.2) is 21.4 Å². The molecule has 0 aromatic carbocycles. The maximum absolute atomic E-state index is 11.6. The SMILES string of the molecule is Cc1c(C)n(CC(=O)OC(C)(C)C)ncc1=O. The molecular weight excluding hydrogens is 220 g/mol. The number of carbonyl (C=O) groups excluding carboxylic acids is 1. The van der Waals surface area contributed by atoms with Crippen molar-refractivity contribution in [3.63, 3.8) is 0 Å². The molecule has 5 heteroatoms. The Morgan fingerprint density at radius 2 is 2.00 bits per heavy atom. The largest absolute Gasteiger partial charge is 0.459 e. The molecule has 0 bridgehead atoms. The van der Waals surface area contributed by atoms with Crippen LogP contribution in [0.25, 0.3) is 0 Å². The standard InChI is InChI=1S/C12H18N2O3/c1-8-9(2)14(13-6-10(8)15)7-11(16)17-12(3,4)5/h6H,7H2,1-5H3. The second-order valence-electron chi connectivity index (χ2n) is 4.96. The van der Waals surface area contributed by atoms with Crippen LogP contribution >= 0.6 is 0 Å². The van der Waals surface area contributed by atoms with Gasteiger partial charge in [-0.05, 0) is 34.6 Å². The van der Waals surface area contributed by atoms with Gasteiger partial charge < -0.3 is 4.74 Å². The molecule has 5 nitrogen and oxygen atoms in total. The van der Waals surface area contributed by atoms with E-state index in [1.54, 1.807) is 13.8 Å². The highest BCUT2D eigenvalue weighted by atomic mass is 16.6. The minimum atomic E-state index is -0.515. The summed E-state index contributed by atoms with van der Waals surface area (Å²) in [6.45, 7) is 8.91. The Labute approximate surface area is 100 Å². The highest BCUT2D eigenvalue weighted by molar-refractivity contribution is 5.69. The van der Waals surface area contributed by atoms with Gasteiger partial charge in [0.1, 0.15) is 12.1 Å². The van der Waals surface area contributed by atoms with E-state index in [0.717, 1.165) is 0 Å². The molecule has 0 fully saturated rings. The first-order chi connectivity index (χ1) is 7.70. The highest BCUT2D eigenvalue weighted by Gasteiger charge is 2.17. The Morgan fingerprint density at radius 1 is 1.41 bits per heavy atom. The van der Waals surface area contributed by atoms with Crippen molar-refractivity contribution in [1.29, 1.82) is 0 Å². The first-order valence-electron chi connectivity index (χ1n) is 5.46. The van der Waals surface area contributed by atoms with Gasteiger partial charge in [-0.1, -0.05) is 0 Å². The van der Waals surface area contributed by atoms with Crippen LogP contribution in [0.1, 0.15) is 32.0 Å². The first-order valence-corrected chi connectivity index (χ1v) is 5.46. The smallest absolute Gasteiger partial charge is 0.328 e. The lowest BCUT2D eigenvalue weighted by Crippen LogP contribution is -2.28. The Balaban J connectivity index is 2.87. The molecule has 94 valence electrons. The molecule has 1 aromatic heterocycles. The van der Waals surface area contributed by atoms with Crippen molar-refractivity contribution in [2.75, 3.05) is 0 Å². The Bertz CT molecular complexity index is 484. The van der Waals surface area contributed by atoms with Gasteiger partial charge in [-0.2, -0.15) is 5.10 Å². The molecule has 0 aliphatic rings. The van der Waals surface area contributed by atoms with Crippen LogP contribution in [0.4, 0.5) is 0 Å². The van der Waals surface area contributed by atoms with Crippen LogP contribution < -0.4 is 5.43 Å². The van der Waals surface area contributed by atoms with E-state index in [9.17, 15) is 9.59 Å². The van der Waals surface area contributed by atoms with Crippen molar-refractivity contribution in [3.8, 4) is 0 Å². The van der Waals surface area contributed by atoms with Gasteiger partial charge in [0, 0.05) is 11.3 Å².